The number of piperidine rings is 1. The molecule has 0 saturated carbocycles. The van der Waals surface area contributed by atoms with E-state index in [0.29, 0.717) is 18.2 Å². The Morgan fingerprint density at radius 3 is 2.61 bits per heavy atom. The Kier molecular flexibility index (Phi) is 4.02. The van der Waals surface area contributed by atoms with Gasteiger partial charge in [0.25, 0.3) is 10.0 Å². The fourth-order valence-corrected chi connectivity index (χ4v) is 5.91. The second-order valence-electron chi connectivity index (χ2n) is 4.95. The van der Waals surface area contributed by atoms with Crippen LogP contribution in [0.4, 0.5) is 0 Å². The van der Waals surface area contributed by atoms with Crippen LogP contribution in [0.15, 0.2) is 4.21 Å². The highest BCUT2D eigenvalue weighted by Gasteiger charge is 2.35. The minimum atomic E-state index is -3.45. The van der Waals surface area contributed by atoms with E-state index in [0.717, 1.165) is 24.2 Å². The van der Waals surface area contributed by atoms with Gasteiger partial charge in [0.05, 0.1) is 5.69 Å². The van der Waals surface area contributed by atoms with Gasteiger partial charge in [-0.05, 0) is 32.6 Å². The Hall–Kier alpha value is -0.170. The average Bonchev–Trinajstić information content (AvgIpc) is 2.62. The van der Waals surface area contributed by atoms with E-state index in [1.54, 1.807) is 11.2 Å². The lowest BCUT2D eigenvalue weighted by Crippen LogP contribution is -2.44. The maximum Gasteiger partial charge on any atom is 0.254 e. The zero-order chi connectivity index (χ0) is 13.5. The van der Waals surface area contributed by atoms with Crippen molar-refractivity contribution in [3.8, 4) is 0 Å². The van der Waals surface area contributed by atoms with Crippen molar-refractivity contribution in [2.75, 3.05) is 6.54 Å². The first-order valence-electron chi connectivity index (χ1n) is 5.97. The normalized spacial score (nSPS) is 26.4. The van der Waals surface area contributed by atoms with E-state index in [-0.39, 0.29) is 14.7 Å². The number of rotatable bonds is 2. The summed E-state index contributed by atoms with van der Waals surface area (Å²) in [5, 5.41) is 0. The molecule has 2 rings (SSSR count). The monoisotopic (exact) mass is 308 g/mol. The molecule has 18 heavy (non-hydrogen) atoms. The minimum absolute atomic E-state index is 0.0477. The third-order valence-corrected chi connectivity index (χ3v) is 7.16. The van der Waals surface area contributed by atoms with Gasteiger partial charge in [-0.25, -0.2) is 13.4 Å². The van der Waals surface area contributed by atoms with Gasteiger partial charge in [-0.1, -0.05) is 29.9 Å². The molecule has 1 aromatic heterocycles. The number of aryl methyl sites for hydroxylation is 1. The molecule has 0 bridgehead atoms. The summed E-state index contributed by atoms with van der Waals surface area (Å²) in [5.74, 6) is 0.402. The second-order valence-corrected chi connectivity index (χ2v) is 8.61. The lowest BCUT2D eigenvalue weighted by molar-refractivity contribution is 0.218. The maximum atomic E-state index is 12.6. The third kappa shape index (κ3) is 2.57. The SMILES string of the molecule is Cc1nc(Cl)sc1S(=O)(=O)N1CC(C)CCC1C. The molecule has 7 heteroatoms. The predicted octanol–water partition coefficient (Wildman–Crippen LogP) is 2.91. The molecule has 1 aromatic rings. The molecule has 0 radical (unpaired) electrons. The van der Waals surface area contributed by atoms with Gasteiger partial charge in [0.15, 0.2) is 8.68 Å². The number of hydrogen-bond acceptors (Lipinski definition) is 4. The highest BCUT2D eigenvalue weighted by molar-refractivity contribution is 7.91. The molecule has 102 valence electrons. The molecule has 4 nitrogen and oxygen atoms in total. The third-order valence-electron chi connectivity index (χ3n) is 3.33. The van der Waals surface area contributed by atoms with Crippen molar-refractivity contribution >= 4 is 33.0 Å². The summed E-state index contributed by atoms with van der Waals surface area (Å²) in [6, 6.07) is 0.0477. The van der Waals surface area contributed by atoms with Gasteiger partial charge in [0, 0.05) is 12.6 Å². The number of thiazole rings is 1. The summed E-state index contributed by atoms with van der Waals surface area (Å²) < 4.78 is 27.4. The molecule has 1 fully saturated rings. The Bertz CT molecular complexity index is 541. The second kappa shape index (κ2) is 5.07. The number of halogens is 1. The van der Waals surface area contributed by atoms with Crippen LogP contribution in [0.1, 0.15) is 32.4 Å². The Morgan fingerprint density at radius 1 is 1.39 bits per heavy atom. The van der Waals surface area contributed by atoms with Crippen molar-refractivity contribution in [3.63, 3.8) is 0 Å². The predicted molar refractivity (Wildman–Crippen MR) is 73.6 cm³/mol. The molecule has 1 aliphatic rings. The molecular weight excluding hydrogens is 292 g/mol. The van der Waals surface area contributed by atoms with Gasteiger partial charge in [-0.3, -0.25) is 0 Å². The van der Waals surface area contributed by atoms with Crippen LogP contribution in [-0.4, -0.2) is 30.3 Å². The van der Waals surface area contributed by atoms with Crippen LogP contribution in [0.3, 0.4) is 0 Å². The van der Waals surface area contributed by atoms with Crippen LogP contribution in [0.25, 0.3) is 0 Å². The Balaban J connectivity index is 2.38. The van der Waals surface area contributed by atoms with Crippen molar-refractivity contribution in [2.45, 2.75) is 43.9 Å². The topological polar surface area (TPSA) is 50.3 Å². The van der Waals surface area contributed by atoms with Gasteiger partial charge < -0.3 is 0 Å². The molecule has 0 N–H and O–H groups in total. The smallest absolute Gasteiger partial charge is 0.229 e. The molecule has 0 amide bonds. The summed E-state index contributed by atoms with van der Waals surface area (Å²) >= 11 is 6.84. The first kappa shape index (κ1) is 14.2. The summed E-state index contributed by atoms with van der Waals surface area (Å²) in [7, 11) is -3.45. The summed E-state index contributed by atoms with van der Waals surface area (Å²) in [6.07, 6.45) is 1.99. The molecule has 2 heterocycles. The van der Waals surface area contributed by atoms with Gasteiger partial charge in [0.1, 0.15) is 0 Å². The first-order valence-corrected chi connectivity index (χ1v) is 8.60. The number of sulfonamides is 1. The minimum Gasteiger partial charge on any atom is -0.229 e. The molecule has 0 aliphatic carbocycles. The summed E-state index contributed by atoms with van der Waals surface area (Å²) in [6.45, 7) is 6.31. The van der Waals surface area contributed by atoms with Crippen LogP contribution in [0, 0.1) is 12.8 Å². The lowest BCUT2D eigenvalue weighted by Gasteiger charge is -2.35. The van der Waals surface area contributed by atoms with Crippen LogP contribution in [0.5, 0.6) is 0 Å². The van der Waals surface area contributed by atoms with E-state index >= 15 is 0 Å². The van der Waals surface area contributed by atoms with Gasteiger partial charge >= 0.3 is 0 Å². The molecule has 1 saturated heterocycles. The van der Waals surface area contributed by atoms with E-state index in [9.17, 15) is 8.42 Å². The maximum absolute atomic E-state index is 12.6. The van der Waals surface area contributed by atoms with Crippen molar-refractivity contribution in [2.24, 2.45) is 5.92 Å². The lowest BCUT2D eigenvalue weighted by atomic mass is 9.97. The van der Waals surface area contributed by atoms with Gasteiger partial charge in [0.2, 0.25) is 0 Å². The number of nitrogens with zero attached hydrogens (tertiary/aromatic N) is 2. The van der Waals surface area contributed by atoms with Crippen molar-refractivity contribution in [1.82, 2.24) is 9.29 Å². The van der Waals surface area contributed by atoms with E-state index in [1.807, 2.05) is 6.92 Å². The highest BCUT2D eigenvalue weighted by atomic mass is 35.5. The van der Waals surface area contributed by atoms with Crippen molar-refractivity contribution in [3.05, 3.63) is 10.2 Å². The Labute approximate surface area is 117 Å². The fourth-order valence-electron chi connectivity index (χ4n) is 2.28. The van der Waals surface area contributed by atoms with E-state index in [2.05, 4.69) is 11.9 Å². The molecule has 0 spiro atoms. The zero-order valence-corrected chi connectivity index (χ0v) is 13.1. The Morgan fingerprint density at radius 2 is 2.06 bits per heavy atom. The van der Waals surface area contributed by atoms with Crippen molar-refractivity contribution in [1.29, 1.82) is 0 Å². The van der Waals surface area contributed by atoms with Crippen LogP contribution >= 0.6 is 22.9 Å². The van der Waals surface area contributed by atoms with Crippen LogP contribution in [0.2, 0.25) is 4.47 Å². The quantitative estimate of drug-likeness (QED) is 0.844. The largest absolute Gasteiger partial charge is 0.254 e. The van der Waals surface area contributed by atoms with Crippen molar-refractivity contribution < 1.29 is 8.42 Å². The van der Waals surface area contributed by atoms with Crippen LogP contribution < -0.4 is 0 Å². The summed E-state index contributed by atoms with van der Waals surface area (Å²) in [5.41, 5.74) is 0.496. The van der Waals surface area contributed by atoms with E-state index in [4.69, 9.17) is 11.6 Å². The van der Waals surface area contributed by atoms with E-state index < -0.39 is 10.0 Å². The highest BCUT2D eigenvalue weighted by Crippen LogP contribution is 2.33. The molecule has 2 unspecified atom stereocenters. The van der Waals surface area contributed by atoms with Crippen LogP contribution in [-0.2, 0) is 10.0 Å². The average molecular weight is 309 g/mol. The first-order chi connectivity index (χ1) is 8.32. The fraction of sp³-hybridized carbons (Fsp3) is 0.727. The molecule has 2 atom stereocenters. The number of aromatic nitrogens is 1. The van der Waals surface area contributed by atoms with Gasteiger partial charge in [-0.15, -0.1) is 0 Å². The van der Waals surface area contributed by atoms with Gasteiger partial charge in [-0.2, -0.15) is 4.31 Å². The van der Waals surface area contributed by atoms with E-state index in [1.165, 1.54) is 0 Å². The standard InChI is InChI=1S/C11H17ClN2O2S2/c1-7-4-5-8(2)14(6-7)18(15,16)10-9(3)13-11(12)17-10/h7-8H,4-6H2,1-3H3. The molecule has 1 aliphatic heterocycles. The number of hydrogen-bond donors (Lipinski definition) is 0. The zero-order valence-electron chi connectivity index (χ0n) is 10.7. The molecule has 0 aromatic carbocycles. The molecular formula is C11H17ClN2O2S2. The summed E-state index contributed by atoms with van der Waals surface area (Å²) in [4.78, 5) is 3.99.